The second-order valence-corrected chi connectivity index (χ2v) is 7.60. The average molecular weight is 457 g/mol. The van der Waals surface area contributed by atoms with E-state index < -0.39 is 11.8 Å². The van der Waals surface area contributed by atoms with E-state index >= 15 is 0 Å². The number of hydrogen-bond acceptors (Lipinski definition) is 6. The number of aromatic hydroxyl groups is 1. The summed E-state index contributed by atoms with van der Waals surface area (Å²) in [5.41, 5.74) is 5.06. The second kappa shape index (κ2) is 9.91. The lowest BCUT2D eigenvalue weighted by atomic mass is 10.1. The van der Waals surface area contributed by atoms with Gasteiger partial charge in [0.25, 0.3) is 11.8 Å². The zero-order valence-corrected chi connectivity index (χ0v) is 18.7. The second-order valence-electron chi connectivity index (χ2n) is 7.60. The lowest BCUT2D eigenvalue weighted by Crippen LogP contribution is -2.33. The van der Waals surface area contributed by atoms with Crippen molar-refractivity contribution >= 4 is 23.6 Å². The molecule has 0 aromatic heterocycles. The number of ether oxygens (including phenoxy) is 2. The molecule has 172 valence electrons. The SMILES string of the molecule is CC(=NNC(=O)C(=Cc1ccc2c(c1)OCO2)NC(=O)c1ccccc1)c1cccc(C)c1O. The van der Waals surface area contributed by atoms with Gasteiger partial charge in [0.15, 0.2) is 11.5 Å². The maximum Gasteiger partial charge on any atom is 0.287 e. The average Bonchev–Trinajstić information content (AvgIpc) is 3.32. The summed E-state index contributed by atoms with van der Waals surface area (Å²) < 4.78 is 10.7. The molecule has 0 spiro atoms. The number of hydrazone groups is 1. The number of nitrogens with one attached hydrogen (secondary N) is 2. The van der Waals surface area contributed by atoms with E-state index in [0.29, 0.717) is 39.5 Å². The molecule has 1 aliphatic heterocycles. The Bertz CT molecular complexity index is 1300. The summed E-state index contributed by atoms with van der Waals surface area (Å²) in [6, 6.07) is 19.0. The maximum absolute atomic E-state index is 13.0. The molecule has 0 radical (unpaired) electrons. The zero-order valence-electron chi connectivity index (χ0n) is 18.7. The molecular formula is C26H23N3O5. The predicted octanol–water partition coefficient (Wildman–Crippen LogP) is 3.74. The number of fused-ring (bicyclic) bond motifs is 1. The highest BCUT2D eigenvalue weighted by Crippen LogP contribution is 2.33. The van der Waals surface area contributed by atoms with Gasteiger partial charge in [-0.05, 0) is 61.4 Å². The van der Waals surface area contributed by atoms with E-state index in [0.717, 1.165) is 0 Å². The monoisotopic (exact) mass is 457 g/mol. The topological polar surface area (TPSA) is 109 Å². The Morgan fingerprint density at radius 1 is 1.00 bits per heavy atom. The van der Waals surface area contributed by atoms with Gasteiger partial charge in [0.1, 0.15) is 11.4 Å². The van der Waals surface area contributed by atoms with Crippen LogP contribution in [-0.2, 0) is 4.79 Å². The van der Waals surface area contributed by atoms with E-state index in [1.165, 1.54) is 6.08 Å². The summed E-state index contributed by atoms with van der Waals surface area (Å²) in [7, 11) is 0. The minimum atomic E-state index is -0.631. The number of phenols is 1. The summed E-state index contributed by atoms with van der Waals surface area (Å²) >= 11 is 0. The largest absolute Gasteiger partial charge is 0.507 e. The number of nitrogens with zero attached hydrogens (tertiary/aromatic N) is 1. The molecule has 8 nitrogen and oxygen atoms in total. The fourth-order valence-corrected chi connectivity index (χ4v) is 3.32. The summed E-state index contributed by atoms with van der Waals surface area (Å²) in [6.07, 6.45) is 1.52. The number of hydrogen-bond donors (Lipinski definition) is 3. The number of rotatable bonds is 6. The number of aryl methyl sites for hydroxylation is 1. The molecule has 1 heterocycles. The Balaban J connectivity index is 1.61. The number of carbonyl (C=O) groups is 2. The fourth-order valence-electron chi connectivity index (χ4n) is 3.32. The van der Waals surface area contributed by atoms with Gasteiger partial charge in [0, 0.05) is 11.1 Å². The number of benzene rings is 3. The number of amides is 2. The summed E-state index contributed by atoms with van der Waals surface area (Å²) in [5, 5.41) is 17.0. The first-order valence-electron chi connectivity index (χ1n) is 10.5. The summed E-state index contributed by atoms with van der Waals surface area (Å²) in [4.78, 5) is 25.7. The molecule has 0 fully saturated rings. The molecule has 0 saturated carbocycles. The van der Waals surface area contributed by atoms with E-state index in [9.17, 15) is 14.7 Å². The molecule has 3 aromatic rings. The molecule has 2 amide bonds. The molecular weight excluding hydrogens is 434 g/mol. The normalized spacial score (nSPS) is 12.9. The van der Waals surface area contributed by atoms with Crippen LogP contribution in [0.4, 0.5) is 0 Å². The molecule has 0 unspecified atom stereocenters. The number of carbonyl (C=O) groups excluding carboxylic acids is 2. The Morgan fingerprint density at radius 3 is 2.56 bits per heavy atom. The van der Waals surface area contributed by atoms with E-state index in [2.05, 4.69) is 15.8 Å². The third-order valence-corrected chi connectivity index (χ3v) is 5.19. The third-order valence-electron chi connectivity index (χ3n) is 5.19. The van der Waals surface area contributed by atoms with Gasteiger partial charge in [-0.1, -0.05) is 36.4 Å². The van der Waals surface area contributed by atoms with E-state index in [-0.39, 0.29) is 18.2 Å². The number of phenolic OH excluding ortho intramolecular Hbond substituents is 1. The quantitative estimate of drug-likeness (QED) is 0.297. The van der Waals surface area contributed by atoms with Gasteiger partial charge in [-0.15, -0.1) is 0 Å². The highest BCUT2D eigenvalue weighted by Gasteiger charge is 2.17. The van der Waals surface area contributed by atoms with Gasteiger partial charge < -0.3 is 19.9 Å². The Hall–Kier alpha value is -4.59. The van der Waals surface area contributed by atoms with Crippen LogP contribution < -0.4 is 20.2 Å². The van der Waals surface area contributed by atoms with Crippen LogP contribution in [0, 0.1) is 6.92 Å². The van der Waals surface area contributed by atoms with Crippen molar-refractivity contribution in [2.45, 2.75) is 13.8 Å². The summed E-state index contributed by atoms with van der Waals surface area (Å²) in [6.45, 7) is 3.56. The van der Waals surface area contributed by atoms with Crippen LogP contribution in [0.3, 0.4) is 0 Å². The van der Waals surface area contributed by atoms with Crippen LogP contribution in [0.1, 0.15) is 34.0 Å². The van der Waals surface area contributed by atoms with E-state index in [4.69, 9.17) is 9.47 Å². The molecule has 0 bridgehead atoms. The van der Waals surface area contributed by atoms with Crippen molar-refractivity contribution in [3.8, 4) is 17.2 Å². The first-order valence-corrected chi connectivity index (χ1v) is 10.5. The minimum Gasteiger partial charge on any atom is -0.507 e. The van der Waals surface area contributed by atoms with E-state index in [1.807, 2.05) is 0 Å². The van der Waals surface area contributed by atoms with Crippen molar-refractivity contribution in [3.05, 3.63) is 94.7 Å². The van der Waals surface area contributed by atoms with Crippen LogP contribution in [0.25, 0.3) is 6.08 Å². The minimum absolute atomic E-state index is 0.0160. The molecule has 1 aliphatic rings. The van der Waals surface area contributed by atoms with Gasteiger partial charge in [0.05, 0.1) is 5.71 Å². The van der Waals surface area contributed by atoms with Gasteiger partial charge in [-0.25, -0.2) is 5.43 Å². The predicted molar refractivity (Wildman–Crippen MR) is 128 cm³/mol. The van der Waals surface area contributed by atoms with Crippen LogP contribution in [0.15, 0.2) is 77.5 Å². The van der Waals surface area contributed by atoms with Crippen LogP contribution in [-0.4, -0.2) is 29.4 Å². The maximum atomic E-state index is 13.0. The third kappa shape index (κ3) is 5.07. The molecule has 0 aliphatic carbocycles. The molecule has 0 atom stereocenters. The fraction of sp³-hybridized carbons (Fsp3) is 0.115. The molecule has 34 heavy (non-hydrogen) atoms. The van der Waals surface area contributed by atoms with Gasteiger partial charge in [-0.2, -0.15) is 5.10 Å². The standard InChI is InChI=1S/C26H23N3O5/c1-16-7-6-10-20(24(16)30)17(2)28-29-26(32)21(27-25(31)19-8-4-3-5-9-19)13-18-11-12-22-23(14-18)34-15-33-22/h3-14,30H,15H2,1-2H3,(H,27,31)(H,29,32). The lowest BCUT2D eigenvalue weighted by molar-refractivity contribution is -0.117. The summed E-state index contributed by atoms with van der Waals surface area (Å²) in [5.74, 6) is 0.168. The molecule has 8 heteroatoms. The molecule has 3 aromatic carbocycles. The van der Waals surface area contributed by atoms with Crippen molar-refractivity contribution in [3.63, 3.8) is 0 Å². The van der Waals surface area contributed by atoms with Crippen molar-refractivity contribution in [1.29, 1.82) is 0 Å². The first kappa shape index (κ1) is 22.6. The highest BCUT2D eigenvalue weighted by atomic mass is 16.7. The van der Waals surface area contributed by atoms with Crippen molar-refractivity contribution < 1.29 is 24.2 Å². The van der Waals surface area contributed by atoms with Gasteiger partial charge in [0.2, 0.25) is 6.79 Å². The van der Waals surface area contributed by atoms with Crippen LogP contribution >= 0.6 is 0 Å². The zero-order chi connectivity index (χ0) is 24.1. The van der Waals surface area contributed by atoms with Crippen LogP contribution in [0.2, 0.25) is 0 Å². The Morgan fingerprint density at radius 2 is 1.76 bits per heavy atom. The van der Waals surface area contributed by atoms with Crippen molar-refractivity contribution in [1.82, 2.24) is 10.7 Å². The number of para-hydroxylation sites is 1. The van der Waals surface area contributed by atoms with Gasteiger partial charge in [-0.3, -0.25) is 9.59 Å². The van der Waals surface area contributed by atoms with Crippen molar-refractivity contribution in [2.75, 3.05) is 6.79 Å². The lowest BCUT2D eigenvalue weighted by Gasteiger charge is -2.11. The van der Waals surface area contributed by atoms with Crippen LogP contribution in [0.5, 0.6) is 17.2 Å². The molecule has 3 N–H and O–H groups in total. The van der Waals surface area contributed by atoms with E-state index in [1.54, 1.807) is 80.6 Å². The first-order chi connectivity index (χ1) is 16.4. The smallest absolute Gasteiger partial charge is 0.287 e. The molecule has 4 rings (SSSR count). The van der Waals surface area contributed by atoms with Gasteiger partial charge >= 0.3 is 0 Å². The Labute approximate surface area is 196 Å². The highest BCUT2D eigenvalue weighted by molar-refractivity contribution is 6.06. The van der Waals surface area contributed by atoms with Crippen molar-refractivity contribution in [2.24, 2.45) is 5.10 Å². The molecule has 0 saturated heterocycles. The Kier molecular flexibility index (Phi) is 6.59.